The Kier molecular flexibility index (Phi) is 7.10. The number of fused-ring (bicyclic) bond motifs is 1. The van der Waals surface area contributed by atoms with E-state index in [-0.39, 0.29) is 17.9 Å². The third-order valence-corrected chi connectivity index (χ3v) is 6.60. The van der Waals surface area contributed by atoms with E-state index in [9.17, 15) is 9.59 Å². The first-order valence-electron chi connectivity index (χ1n) is 12.0. The Balaban J connectivity index is 1.40. The van der Waals surface area contributed by atoms with Gasteiger partial charge in [0.05, 0.1) is 6.04 Å². The molecular formula is C27H34N5O2+. The lowest BCUT2D eigenvalue weighted by atomic mass is 10.0. The van der Waals surface area contributed by atoms with Crippen molar-refractivity contribution in [3.8, 4) is 5.69 Å². The van der Waals surface area contributed by atoms with Gasteiger partial charge in [-0.15, -0.1) is 0 Å². The largest absolute Gasteiger partial charge is 0.357 e. The van der Waals surface area contributed by atoms with Crippen molar-refractivity contribution in [1.82, 2.24) is 20.4 Å². The SMILES string of the molecule is CNC(=O)[C@H](Cc1ccccc1)NC(=O)CC[C@@H]1CCc2nn(-c3c(C)cc(C)cc3C)c[n+]21. The zero-order valence-corrected chi connectivity index (χ0v) is 20.5. The van der Waals surface area contributed by atoms with Gasteiger partial charge in [-0.2, -0.15) is 0 Å². The maximum Gasteiger partial charge on any atom is 0.278 e. The molecule has 0 unspecified atom stereocenters. The van der Waals surface area contributed by atoms with Crippen LogP contribution < -0.4 is 15.2 Å². The van der Waals surface area contributed by atoms with Crippen LogP contribution in [0.2, 0.25) is 0 Å². The summed E-state index contributed by atoms with van der Waals surface area (Å²) in [5, 5.41) is 10.4. The predicted molar refractivity (Wildman–Crippen MR) is 131 cm³/mol. The Morgan fingerprint density at radius 2 is 1.85 bits per heavy atom. The number of benzene rings is 2. The van der Waals surface area contributed by atoms with Crippen molar-refractivity contribution in [1.29, 1.82) is 0 Å². The number of rotatable bonds is 8. The number of likely N-dealkylation sites (N-methyl/N-ethyl adjacent to an activating group) is 1. The van der Waals surface area contributed by atoms with Crippen LogP contribution in [0.1, 0.15) is 53.4 Å². The highest BCUT2D eigenvalue weighted by Gasteiger charge is 2.33. The van der Waals surface area contributed by atoms with Crippen LogP contribution in [0.5, 0.6) is 0 Å². The smallest absolute Gasteiger partial charge is 0.278 e. The molecule has 2 amide bonds. The highest BCUT2D eigenvalue weighted by molar-refractivity contribution is 5.87. The third-order valence-electron chi connectivity index (χ3n) is 6.60. The topological polar surface area (TPSA) is 79.9 Å². The van der Waals surface area contributed by atoms with Crippen molar-refractivity contribution >= 4 is 11.8 Å². The fourth-order valence-corrected chi connectivity index (χ4v) is 5.03. The van der Waals surface area contributed by atoms with E-state index in [2.05, 4.69) is 54.4 Å². The minimum Gasteiger partial charge on any atom is -0.357 e. The Labute approximate surface area is 201 Å². The van der Waals surface area contributed by atoms with Crippen LogP contribution in [0.25, 0.3) is 5.69 Å². The van der Waals surface area contributed by atoms with Crippen LogP contribution in [-0.2, 0) is 22.4 Å². The van der Waals surface area contributed by atoms with Crippen LogP contribution in [0.3, 0.4) is 0 Å². The molecule has 3 aromatic rings. The lowest BCUT2D eigenvalue weighted by molar-refractivity contribution is -0.717. The molecule has 2 heterocycles. The number of hydrogen-bond acceptors (Lipinski definition) is 3. The summed E-state index contributed by atoms with van der Waals surface area (Å²) in [5.74, 6) is 0.771. The maximum atomic E-state index is 12.8. The van der Waals surface area contributed by atoms with E-state index in [0.29, 0.717) is 19.3 Å². The Bertz CT molecular complexity index is 1160. The van der Waals surface area contributed by atoms with Gasteiger partial charge in [0, 0.05) is 31.4 Å². The first-order chi connectivity index (χ1) is 16.4. The highest BCUT2D eigenvalue weighted by Crippen LogP contribution is 2.24. The number of nitrogens with zero attached hydrogens (tertiary/aromatic N) is 3. The van der Waals surface area contributed by atoms with Gasteiger partial charge >= 0.3 is 0 Å². The minimum absolute atomic E-state index is 0.101. The summed E-state index contributed by atoms with van der Waals surface area (Å²) in [6.07, 6.45) is 5.50. The molecule has 7 heteroatoms. The summed E-state index contributed by atoms with van der Waals surface area (Å²) in [7, 11) is 1.60. The molecule has 0 radical (unpaired) electrons. The molecule has 7 nitrogen and oxygen atoms in total. The maximum absolute atomic E-state index is 12.8. The minimum atomic E-state index is -0.582. The first-order valence-corrected chi connectivity index (χ1v) is 12.0. The molecule has 1 aliphatic rings. The second kappa shape index (κ2) is 10.2. The van der Waals surface area contributed by atoms with E-state index in [1.54, 1.807) is 7.05 Å². The molecule has 0 spiro atoms. The van der Waals surface area contributed by atoms with Crippen LogP contribution >= 0.6 is 0 Å². The molecule has 4 rings (SSSR count). The fraction of sp³-hybridized carbons (Fsp3) is 0.407. The molecule has 2 N–H and O–H groups in total. The van der Waals surface area contributed by atoms with Crippen molar-refractivity contribution in [3.63, 3.8) is 0 Å². The van der Waals surface area contributed by atoms with Crippen molar-refractivity contribution in [3.05, 3.63) is 76.9 Å². The van der Waals surface area contributed by atoms with E-state index < -0.39 is 6.04 Å². The van der Waals surface area contributed by atoms with Gasteiger partial charge in [0.25, 0.3) is 5.82 Å². The van der Waals surface area contributed by atoms with E-state index in [4.69, 9.17) is 5.10 Å². The summed E-state index contributed by atoms with van der Waals surface area (Å²) in [5.41, 5.74) is 5.79. The first kappa shape index (κ1) is 23.7. The fourth-order valence-electron chi connectivity index (χ4n) is 5.03. The van der Waals surface area contributed by atoms with Gasteiger partial charge in [-0.05, 0) is 50.3 Å². The van der Waals surface area contributed by atoms with Crippen LogP contribution in [0.4, 0.5) is 0 Å². The quantitative estimate of drug-likeness (QED) is 0.508. The Hall–Kier alpha value is -3.48. The molecular weight excluding hydrogens is 426 g/mol. The zero-order valence-electron chi connectivity index (χ0n) is 20.5. The van der Waals surface area contributed by atoms with Crippen LogP contribution in [0.15, 0.2) is 48.8 Å². The Morgan fingerprint density at radius 1 is 1.15 bits per heavy atom. The van der Waals surface area contributed by atoms with E-state index >= 15 is 0 Å². The second-order valence-corrected chi connectivity index (χ2v) is 9.29. The van der Waals surface area contributed by atoms with Gasteiger partial charge in [-0.25, -0.2) is 4.57 Å². The van der Waals surface area contributed by atoms with Gasteiger partial charge < -0.3 is 10.6 Å². The molecule has 1 aliphatic heterocycles. The number of hydrogen-bond donors (Lipinski definition) is 2. The normalized spacial score (nSPS) is 15.6. The number of aromatic nitrogens is 3. The van der Waals surface area contributed by atoms with Gasteiger partial charge in [0.1, 0.15) is 11.7 Å². The van der Waals surface area contributed by atoms with E-state index in [1.165, 1.54) is 16.7 Å². The highest BCUT2D eigenvalue weighted by atomic mass is 16.2. The van der Waals surface area contributed by atoms with Gasteiger partial charge in [0.2, 0.25) is 18.1 Å². The molecule has 178 valence electrons. The second-order valence-electron chi connectivity index (χ2n) is 9.29. The number of carbonyl (C=O) groups is 2. The average molecular weight is 461 g/mol. The van der Waals surface area contributed by atoms with Gasteiger partial charge in [-0.3, -0.25) is 9.59 Å². The third kappa shape index (κ3) is 5.19. The average Bonchev–Trinajstić information content (AvgIpc) is 3.37. The van der Waals surface area contributed by atoms with E-state index in [1.807, 2.05) is 35.0 Å². The monoisotopic (exact) mass is 460 g/mol. The molecule has 0 bridgehead atoms. The number of amides is 2. The summed E-state index contributed by atoms with van der Waals surface area (Å²) >= 11 is 0. The van der Waals surface area contributed by atoms with Crippen molar-refractivity contribution in [2.24, 2.45) is 0 Å². The summed E-state index contributed by atoms with van der Waals surface area (Å²) < 4.78 is 4.19. The lowest BCUT2D eigenvalue weighted by Crippen LogP contribution is -2.47. The number of aryl methyl sites for hydroxylation is 4. The molecule has 2 atom stereocenters. The van der Waals surface area contributed by atoms with E-state index in [0.717, 1.165) is 29.9 Å². The summed E-state index contributed by atoms with van der Waals surface area (Å²) in [4.78, 5) is 25.1. The van der Waals surface area contributed by atoms with Crippen LogP contribution in [0, 0.1) is 20.8 Å². The van der Waals surface area contributed by atoms with Crippen molar-refractivity contribution in [2.75, 3.05) is 7.05 Å². The number of carbonyl (C=O) groups excluding carboxylic acids is 2. The van der Waals surface area contributed by atoms with Crippen molar-refractivity contribution in [2.45, 2.75) is 65.0 Å². The standard InChI is InChI=1S/C27H33N5O2/c1-18-14-19(2)26(20(3)15-18)32-17-31-22(10-12-24(31)30-32)11-13-25(33)29-23(27(34)28-4)16-21-8-6-5-7-9-21/h5-9,14-15,17,22-23H,10-13,16H2,1-4H3,(H-,28,29,33,34)/p+1/t22-,23-/m0/s1. The molecule has 2 aromatic carbocycles. The Morgan fingerprint density at radius 3 is 2.53 bits per heavy atom. The molecule has 0 aliphatic carbocycles. The zero-order chi connectivity index (χ0) is 24.2. The molecule has 0 fully saturated rings. The predicted octanol–water partition coefficient (Wildman–Crippen LogP) is 2.83. The van der Waals surface area contributed by atoms with Gasteiger partial charge in [0.15, 0.2) is 0 Å². The molecule has 0 saturated heterocycles. The van der Waals surface area contributed by atoms with Crippen molar-refractivity contribution < 1.29 is 14.2 Å². The van der Waals surface area contributed by atoms with Crippen LogP contribution in [-0.4, -0.2) is 34.7 Å². The molecule has 34 heavy (non-hydrogen) atoms. The number of nitrogens with one attached hydrogen (secondary N) is 2. The molecule has 1 aromatic heterocycles. The summed E-state index contributed by atoms with van der Waals surface area (Å²) in [6.45, 7) is 6.34. The summed E-state index contributed by atoms with van der Waals surface area (Å²) in [6, 6.07) is 13.8. The molecule has 0 saturated carbocycles. The lowest BCUT2D eigenvalue weighted by Gasteiger charge is -2.18. The van der Waals surface area contributed by atoms with Gasteiger partial charge in [-0.1, -0.05) is 52.7 Å².